The summed E-state index contributed by atoms with van der Waals surface area (Å²) in [5.74, 6) is -0.499. The molecule has 0 unspecified atom stereocenters. The average molecular weight is 414 g/mol. The molecule has 0 bridgehead atoms. The first kappa shape index (κ1) is 19.1. The number of aromatic nitrogens is 1. The van der Waals surface area contributed by atoms with Gasteiger partial charge < -0.3 is 4.74 Å². The summed E-state index contributed by atoms with van der Waals surface area (Å²) in [4.78, 5) is 20.4. The molecule has 1 aliphatic carbocycles. The average Bonchev–Trinajstić information content (AvgIpc) is 2.71. The zero-order valence-electron chi connectivity index (χ0n) is 15.0. The van der Waals surface area contributed by atoms with Crippen molar-refractivity contribution < 1.29 is 22.7 Å². The maximum Gasteiger partial charge on any atom is 0.418 e. The second-order valence-corrected chi connectivity index (χ2v) is 7.25. The molecule has 1 heterocycles. The van der Waals surface area contributed by atoms with Crippen molar-refractivity contribution in [3.8, 4) is 10.6 Å². The van der Waals surface area contributed by atoms with Gasteiger partial charge in [-0.05, 0) is 48.5 Å². The molecule has 0 N–H and O–H groups in total. The fraction of sp³-hybridized carbons (Fsp3) is 0.0952. The molecule has 1 aliphatic heterocycles. The van der Waals surface area contributed by atoms with Crippen LogP contribution in [0.2, 0.25) is 0 Å². The second kappa shape index (κ2) is 7.29. The third-order valence-corrected chi connectivity index (χ3v) is 5.33. The lowest BCUT2D eigenvalue weighted by atomic mass is 10.1. The quantitative estimate of drug-likeness (QED) is 0.324. The molecule has 8 heteroatoms. The fourth-order valence-corrected chi connectivity index (χ4v) is 3.91. The van der Waals surface area contributed by atoms with E-state index < -0.39 is 17.7 Å². The number of methoxy groups -OCH3 is 1. The lowest BCUT2D eigenvalue weighted by Gasteiger charge is -2.14. The van der Waals surface area contributed by atoms with E-state index in [4.69, 9.17) is 0 Å². The fourth-order valence-electron chi connectivity index (χ4n) is 2.88. The molecule has 0 saturated carbocycles. The lowest BCUT2D eigenvalue weighted by molar-refractivity contribution is -0.137. The Hall–Kier alpha value is -3.26. The molecular weight excluding hydrogens is 401 g/mol. The van der Waals surface area contributed by atoms with Crippen molar-refractivity contribution in [2.75, 3.05) is 7.11 Å². The Labute approximate surface area is 167 Å². The van der Waals surface area contributed by atoms with Gasteiger partial charge in [0.1, 0.15) is 0 Å². The number of alkyl halides is 3. The number of fused-ring (bicyclic) bond motifs is 2. The van der Waals surface area contributed by atoms with Crippen molar-refractivity contribution in [1.29, 1.82) is 0 Å². The first-order valence-corrected chi connectivity index (χ1v) is 9.31. The highest BCUT2D eigenvalue weighted by Gasteiger charge is 2.35. The van der Waals surface area contributed by atoms with Crippen LogP contribution in [0.1, 0.15) is 15.9 Å². The summed E-state index contributed by atoms with van der Waals surface area (Å²) in [5.41, 5.74) is 0.337. The van der Waals surface area contributed by atoms with Crippen LogP contribution in [0.3, 0.4) is 0 Å². The number of benzene rings is 3. The van der Waals surface area contributed by atoms with Gasteiger partial charge in [-0.3, -0.25) is 0 Å². The summed E-state index contributed by atoms with van der Waals surface area (Å²) in [6.45, 7) is 0. The highest BCUT2D eigenvalue weighted by atomic mass is 32.1. The van der Waals surface area contributed by atoms with Crippen LogP contribution in [0, 0.1) is 0 Å². The number of halogens is 3. The van der Waals surface area contributed by atoms with Gasteiger partial charge in [0, 0.05) is 0 Å². The summed E-state index contributed by atoms with van der Waals surface area (Å²) < 4.78 is 46.5. The number of ether oxygens (including phenoxy) is 1. The molecule has 0 atom stereocenters. The molecule has 0 spiro atoms. The number of esters is 1. The molecule has 146 valence electrons. The van der Waals surface area contributed by atoms with Gasteiger partial charge in [0.2, 0.25) is 0 Å². The summed E-state index contributed by atoms with van der Waals surface area (Å²) in [6.07, 6.45) is -4.57. The van der Waals surface area contributed by atoms with Crippen LogP contribution in [0.25, 0.3) is 20.8 Å². The van der Waals surface area contributed by atoms with Crippen LogP contribution >= 0.6 is 11.3 Å². The van der Waals surface area contributed by atoms with E-state index in [-0.39, 0.29) is 11.1 Å². The number of rotatable bonds is 2. The number of carbonyl (C=O) groups excluding carboxylic acids is 1. The van der Waals surface area contributed by atoms with Gasteiger partial charge in [0.15, 0.2) is 0 Å². The Kier molecular flexibility index (Phi) is 4.79. The minimum absolute atomic E-state index is 0.0961. The lowest BCUT2D eigenvalue weighted by Crippen LogP contribution is -2.14. The Morgan fingerprint density at radius 1 is 1.07 bits per heavy atom. The molecule has 2 aliphatic rings. The van der Waals surface area contributed by atoms with Gasteiger partial charge in [-0.25, -0.2) is 14.8 Å². The second-order valence-electron chi connectivity index (χ2n) is 6.17. The maximum atomic E-state index is 13.7. The molecule has 4 rings (SSSR count). The molecular formula is C21H13F3N2O2S. The minimum atomic E-state index is -4.57. The summed E-state index contributed by atoms with van der Waals surface area (Å²) >= 11 is 1.23. The largest absolute Gasteiger partial charge is 0.465 e. The van der Waals surface area contributed by atoms with Crippen LogP contribution in [0.5, 0.6) is 0 Å². The Morgan fingerprint density at radius 2 is 1.79 bits per heavy atom. The predicted octanol–water partition coefficient (Wildman–Crippen LogP) is 5.44. The normalized spacial score (nSPS) is 12.5. The Morgan fingerprint density at radius 3 is 2.48 bits per heavy atom. The molecule has 2 aromatic carbocycles. The van der Waals surface area contributed by atoms with Crippen molar-refractivity contribution in [3.63, 3.8) is 0 Å². The van der Waals surface area contributed by atoms with Gasteiger partial charge in [0.05, 0.1) is 50.1 Å². The van der Waals surface area contributed by atoms with Crippen LogP contribution in [0.4, 0.5) is 18.9 Å². The molecule has 29 heavy (non-hydrogen) atoms. The number of hydrogen-bond donors (Lipinski definition) is 0. The van der Waals surface area contributed by atoms with Gasteiger partial charge in [-0.1, -0.05) is 12.1 Å². The smallest absolute Gasteiger partial charge is 0.418 e. The summed E-state index contributed by atoms with van der Waals surface area (Å²) in [6, 6.07) is 15.7. The van der Waals surface area contributed by atoms with Crippen molar-refractivity contribution in [2.24, 2.45) is 4.99 Å². The van der Waals surface area contributed by atoms with Crippen molar-refractivity contribution in [2.45, 2.75) is 6.18 Å². The highest BCUT2D eigenvalue weighted by molar-refractivity contribution is 7.21. The molecule has 2 aromatic rings. The van der Waals surface area contributed by atoms with Crippen molar-refractivity contribution in [1.82, 2.24) is 4.98 Å². The molecule has 0 fully saturated rings. The third kappa shape index (κ3) is 3.84. The van der Waals surface area contributed by atoms with E-state index in [0.29, 0.717) is 21.6 Å². The summed E-state index contributed by atoms with van der Waals surface area (Å²) in [7, 11) is 1.27. The first-order chi connectivity index (χ1) is 13.8. The van der Waals surface area contributed by atoms with Crippen LogP contribution in [0.15, 0.2) is 65.7 Å². The zero-order chi connectivity index (χ0) is 20.6. The van der Waals surface area contributed by atoms with Crippen molar-refractivity contribution >= 4 is 33.2 Å². The standard InChI is InChI=1S/C21H13F3N2O2S/c1-28-20(27)12-6-8-13(9-7-12)25-14-10-15(21(22,23)24)19-18(11-14)29-17-5-3-2-4-16(17)26-19/h2-11H,1H3. The van der Waals surface area contributed by atoms with E-state index in [2.05, 4.69) is 14.7 Å². The van der Waals surface area contributed by atoms with Gasteiger partial charge >= 0.3 is 12.1 Å². The van der Waals surface area contributed by atoms with Crippen LogP contribution in [-0.2, 0) is 10.9 Å². The van der Waals surface area contributed by atoms with Crippen LogP contribution in [-0.4, -0.2) is 18.1 Å². The number of hydrogen-bond acceptors (Lipinski definition) is 5. The molecule has 0 amide bonds. The Bertz CT molecular complexity index is 1250. The third-order valence-electron chi connectivity index (χ3n) is 4.23. The molecule has 4 nitrogen and oxygen atoms in total. The van der Waals surface area contributed by atoms with E-state index in [9.17, 15) is 18.0 Å². The molecule has 0 radical (unpaired) electrons. The number of nitrogens with zero attached hydrogens (tertiary/aromatic N) is 2. The molecule has 0 saturated heterocycles. The highest BCUT2D eigenvalue weighted by Crippen LogP contribution is 2.39. The monoisotopic (exact) mass is 414 g/mol. The maximum absolute atomic E-state index is 13.7. The number of carbonyl (C=O) groups is 1. The molecule has 0 aromatic heterocycles. The first-order valence-electron chi connectivity index (χ1n) is 8.49. The van der Waals surface area contributed by atoms with E-state index in [1.165, 1.54) is 30.6 Å². The van der Waals surface area contributed by atoms with E-state index in [1.807, 2.05) is 12.1 Å². The van der Waals surface area contributed by atoms with Gasteiger partial charge in [-0.15, -0.1) is 11.3 Å². The van der Waals surface area contributed by atoms with E-state index in [1.54, 1.807) is 30.3 Å². The summed E-state index contributed by atoms with van der Waals surface area (Å²) in [5, 5.41) is 0.156. The zero-order valence-corrected chi connectivity index (χ0v) is 15.8. The van der Waals surface area contributed by atoms with Crippen LogP contribution < -0.4 is 5.36 Å². The van der Waals surface area contributed by atoms with Crippen molar-refractivity contribution in [3.05, 3.63) is 77.1 Å². The Balaban J connectivity index is 1.90. The predicted molar refractivity (Wildman–Crippen MR) is 104 cm³/mol. The van der Waals surface area contributed by atoms with Gasteiger partial charge in [-0.2, -0.15) is 13.2 Å². The number of para-hydroxylation sites is 1. The topological polar surface area (TPSA) is 51.5 Å². The van der Waals surface area contributed by atoms with Gasteiger partial charge in [0.25, 0.3) is 0 Å². The SMILES string of the molecule is COC(=O)c1ccc(N=c2cc3sc4ccccc4nc-3c(C(F)(F)F)c2)cc1. The van der Waals surface area contributed by atoms with E-state index >= 15 is 0 Å². The minimum Gasteiger partial charge on any atom is -0.465 e. The van der Waals surface area contributed by atoms with E-state index in [0.717, 1.165) is 10.8 Å².